The van der Waals surface area contributed by atoms with Crippen molar-refractivity contribution < 1.29 is 0 Å². The van der Waals surface area contributed by atoms with Gasteiger partial charge in [0.25, 0.3) is 0 Å². The van der Waals surface area contributed by atoms with Crippen LogP contribution in [-0.4, -0.2) is 0 Å². The first-order chi connectivity index (χ1) is 21.3. The van der Waals surface area contributed by atoms with Gasteiger partial charge < -0.3 is 0 Å². The minimum Gasteiger partial charge on any atom is -0.135 e. The maximum atomic E-state index is 2.38. The summed E-state index contributed by atoms with van der Waals surface area (Å²) in [7, 11) is 0. The Morgan fingerprint density at radius 1 is 0.302 bits per heavy atom. The highest BCUT2D eigenvalue weighted by atomic mass is 32.1. The quantitative estimate of drug-likeness (QED) is 0.188. The van der Waals surface area contributed by atoms with Crippen LogP contribution in [0.15, 0.2) is 158 Å². The molecule has 9 aromatic rings. The van der Waals surface area contributed by atoms with Gasteiger partial charge in [-0.05, 0) is 83.9 Å². The molecule has 0 saturated heterocycles. The van der Waals surface area contributed by atoms with Crippen LogP contribution < -0.4 is 0 Å². The fourth-order valence-electron chi connectivity index (χ4n) is 6.93. The highest BCUT2D eigenvalue weighted by molar-refractivity contribution is 7.25. The molecule has 0 amide bonds. The molecule has 0 radical (unpaired) electrons. The molecule has 0 spiro atoms. The summed E-state index contributed by atoms with van der Waals surface area (Å²) in [5.74, 6) is 0. The number of hydrogen-bond donors (Lipinski definition) is 0. The van der Waals surface area contributed by atoms with Gasteiger partial charge in [-0.25, -0.2) is 0 Å². The molecule has 0 unspecified atom stereocenters. The largest absolute Gasteiger partial charge is 0.135 e. The molecule has 0 aliphatic rings. The van der Waals surface area contributed by atoms with Crippen molar-refractivity contribution in [3.8, 4) is 33.4 Å². The third-order valence-electron chi connectivity index (χ3n) is 8.85. The molecule has 0 fully saturated rings. The molecule has 200 valence electrons. The Bertz CT molecular complexity index is 2450. The van der Waals surface area contributed by atoms with E-state index in [1.54, 1.807) is 0 Å². The Morgan fingerprint density at radius 3 is 1.60 bits per heavy atom. The number of fused-ring (bicyclic) bond motifs is 6. The van der Waals surface area contributed by atoms with Gasteiger partial charge in [0, 0.05) is 20.2 Å². The van der Waals surface area contributed by atoms with Gasteiger partial charge in [-0.2, -0.15) is 0 Å². The summed E-state index contributed by atoms with van der Waals surface area (Å²) in [6.07, 6.45) is 0. The summed E-state index contributed by atoms with van der Waals surface area (Å²) >= 11 is 1.88. The van der Waals surface area contributed by atoms with Crippen LogP contribution in [0.2, 0.25) is 0 Å². The standard InChI is InChI=1S/C42H26S/c1-2-15-31-27(11-1)12-10-21-34(31)42-37-19-5-3-17-35(37)41(36-18-4-6-20-38(36)42)30-14-9-13-28(25-30)29-23-24-33-32-16-7-8-22-39(32)43-40(33)26-29/h1-26H. The molecule has 0 nitrogen and oxygen atoms in total. The van der Waals surface area contributed by atoms with E-state index in [1.165, 1.54) is 85.9 Å². The van der Waals surface area contributed by atoms with Crippen molar-refractivity contribution in [1.29, 1.82) is 0 Å². The van der Waals surface area contributed by atoms with E-state index in [4.69, 9.17) is 0 Å². The summed E-state index contributed by atoms with van der Waals surface area (Å²) in [6, 6.07) is 58.0. The molecule has 43 heavy (non-hydrogen) atoms. The van der Waals surface area contributed by atoms with Crippen LogP contribution in [0, 0.1) is 0 Å². The average Bonchev–Trinajstić information content (AvgIpc) is 3.45. The molecule has 0 atom stereocenters. The predicted molar refractivity (Wildman–Crippen MR) is 188 cm³/mol. The van der Waals surface area contributed by atoms with Crippen molar-refractivity contribution in [2.24, 2.45) is 0 Å². The van der Waals surface area contributed by atoms with Crippen molar-refractivity contribution in [2.75, 3.05) is 0 Å². The van der Waals surface area contributed by atoms with E-state index in [9.17, 15) is 0 Å². The zero-order valence-electron chi connectivity index (χ0n) is 23.4. The Labute approximate surface area is 254 Å². The summed E-state index contributed by atoms with van der Waals surface area (Å²) in [5, 5.41) is 10.3. The molecule has 1 heteroatoms. The normalized spacial score (nSPS) is 11.7. The molecular weight excluding hydrogens is 537 g/mol. The van der Waals surface area contributed by atoms with Gasteiger partial charge in [0.1, 0.15) is 0 Å². The zero-order chi connectivity index (χ0) is 28.3. The molecule has 8 aromatic carbocycles. The minimum absolute atomic E-state index is 1.24. The molecule has 0 bridgehead atoms. The third kappa shape index (κ3) is 3.82. The van der Waals surface area contributed by atoms with Crippen molar-refractivity contribution in [3.63, 3.8) is 0 Å². The Morgan fingerprint density at radius 2 is 0.837 bits per heavy atom. The highest BCUT2D eigenvalue weighted by Crippen LogP contribution is 2.46. The third-order valence-corrected chi connectivity index (χ3v) is 9.99. The lowest BCUT2D eigenvalue weighted by molar-refractivity contribution is 1.63. The first kappa shape index (κ1) is 24.4. The molecule has 0 N–H and O–H groups in total. The van der Waals surface area contributed by atoms with Crippen LogP contribution in [0.25, 0.3) is 85.9 Å². The summed E-state index contributed by atoms with van der Waals surface area (Å²) in [6.45, 7) is 0. The lowest BCUT2D eigenvalue weighted by atomic mass is 9.84. The maximum Gasteiger partial charge on any atom is 0.0361 e. The van der Waals surface area contributed by atoms with Crippen molar-refractivity contribution in [1.82, 2.24) is 0 Å². The van der Waals surface area contributed by atoms with E-state index in [1.807, 2.05) is 11.3 Å². The second-order valence-electron chi connectivity index (χ2n) is 11.3. The number of rotatable bonds is 3. The van der Waals surface area contributed by atoms with Crippen molar-refractivity contribution in [2.45, 2.75) is 0 Å². The fraction of sp³-hybridized carbons (Fsp3) is 0. The summed E-state index contributed by atoms with van der Waals surface area (Å²) < 4.78 is 2.67. The molecule has 0 aliphatic carbocycles. The monoisotopic (exact) mass is 562 g/mol. The van der Waals surface area contributed by atoms with Gasteiger partial charge in [-0.15, -0.1) is 11.3 Å². The second kappa shape index (κ2) is 9.66. The van der Waals surface area contributed by atoms with Gasteiger partial charge in [0.05, 0.1) is 0 Å². The number of thiophene rings is 1. The molecule has 9 rings (SSSR count). The topological polar surface area (TPSA) is 0 Å². The zero-order valence-corrected chi connectivity index (χ0v) is 24.2. The number of benzene rings is 8. The molecule has 1 heterocycles. The van der Waals surface area contributed by atoms with E-state index in [-0.39, 0.29) is 0 Å². The second-order valence-corrected chi connectivity index (χ2v) is 12.3. The van der Waals surface area contributed by atoms with Crippen LogP contribution >= 0.6 is 11.3 Å². The van der Waals surface area contributed by atoms with Crippen LogP contribution in [0.4, 0.5) is 0 Å². The van der Waals surface area contributed by atoms with Crippen molar-refractivity contribution >= 4 is 63.8 Å². The Balaban J connectivity index is 1.29. The first-order valence-corrected chi connectivity index (χ1v) is 15.6. The van der Waals surface area contributed by atoms with Crippen LogP contribution in [0.1, 0.15) is 0 Å². The van der Waals surface area contributed by atoms with Gasteiger partial charge >= 0.3 is 0 Å². The molecule has 0 aliphatic heterocycles. The minimum atomic E-state index is 1.24. The summed E-state index contributed by atoms with van der Waals surface area (Å²) in [4.78, 5) is 0. The maximum absolute atomic E-state index is 2.38. The SMILES string of the molecule is c1cc(-c2ccc3c(c2)sc2ccccc23)cc(-c2c3ccccc3c(-c3cccc4ccccc34)c3ccccc23)c1. The van der Waals surface area contributed by atoms with Gasteiger partial charge in [0.15, 0.2) is 0 Å². The molecular formula is C42H26S. The van der Waals surface area contributed by atoms with Crippen LogP contribution in [0.3, 0.4) is 0 Å². The lowest BCUT2D eigenvalue weighted by Crippen LogP contribution is -1.92. The molecule has 1 aromatic heterocycles. The van der Waals surface area contributed by atoms with Gasteiger partial charge in [-0.3, -0.25) is 0 Å². The lowest BCUT2D eigenvalue weighted by Gasteiger charge is -2.19. The Kier molecular flexibility index (Phi) is 5.47. The van der Waals surface area contributed by atoms with E-state index < -0.39 is 0 Å². The van der Waals surface area contributed by atoms with E-state index in [0.717, 1.165) is 0 Å². The summed E-state index contributed by atoms with van der Waals surface area (Å²) in [5.41, 5.74) is 7.61. The van der Waals surface area contributed by atoms with E-state index >= 15 is 0 Å². The Hall–Kier alpha value is -5.24. The fourth-order valence-corrected chi connectivity index (χ4v) is 8.08. The first-order valence-electron chi connectivity index (χ1n) is 14.8. The predicted octanol–water partition coefficient (Wildman–Crippen LogP) is 12.5. The van der Waals surface area contributed by atoms with Crippen molar-refractivity contribution in [3.05, 3.63) is 158 Å². The highest BCUT2D eigenvalue weighted by Gasteiger charge is 2.18. The molecule has 0 saturated carbocycles. The van der Waals surface area contributed by atoms with Crippen LogP contribution in [0.5, 0.6) is 0 Å². The van der Waals surface area contributed by atoms with Gasteiger partial charge in [-0.1, -0.05) is 140 Å². The van der Waals surface area contributed by atoms with E-state index in [2.05, 4.69) is 158 Å². The number of hydrogen-bond acceptors (Lipinski definition) is 1. The average molecular weight is 563 g/mol. The van der Waals surface area contributed by atoms with Gasteiger partial charge in [0.2, 0.25) is 0 Å². The van der Waals surface area contributed by atoms with Crippen LogP contribution in [-0.2, 0) is 0 Å². The smallest absolute Gasteiger partial charge is 0.0361 e. The van der Waals surface area contributed by atoms with E-state index in [0.29, 0.717) is 0 Å².